The lowest BCUT2D eigenvalue weighted by atomic mass is 10.1. The maximum atomic E-state index is 5.86. The largest absolute Gasteiger partial charge is 0.324 e. The van der Waals surface area contributed by atoms with E-state index in [9.17, 15) is 0 Å². The molecular weight excluding hydrogens is 172 g/mol. The lowest BCUT2D eigenvalue weighted by Gasteiger charge is -2.03. The van der Waals surface area contributed by atoms with Crippen LogP contribution in [-0.2, 0) is 6.42 Å². The van der Waals surface area contributed by atoms with E-state index in [0.717, 1.165) is 18.5 Å². The number of nitrogens with two attached hydrogens (primary N) is 1. The smallest absolute Gasteiger partial charge is 0.0375 e. The molecule has 0 saturated carbocycles. The van der Waals surface area contributed by atoms with Crippen molar-refractivity contribution in [2.75, 3.05) is 0 Å². The lowest BCUT2D eigenvalue weighted by Crippen LogP contribution is -2.05. The summed E-state index contributed by atoms with van der Waals surface area (Å²) in [5, 5.41) is 0. The van der Waals surface area contributed by atoms with Gasteiger partial charge in [0.1, 0.15) is 0 Å². The lowest BCUT2D eigenvalue weighted by molar-refractivity contribution is 0.712. The monoisotopic (exact) mass is 184 g/mol. The van der Waals surface area contributed by atoms with Crippen molar-refractivity contribution in [2.45, 2.75) is 25.8 Å². The van der Waals surface area contributed by atoms with E-state index in [0.29, 0.717) is 0 Å². The molecule has 2 N–H and O–H groups in total. The summed E-state index contributed by atoms with van der Waals surface area (Å²) < 4.78 is 0. The van der Waals surface area contributed by atoms with Crippen LogP contribution in [-0.4, -0.2) is 4.98 Å². The Kier molecular flexibility index (Phi) is 2.70. The highest BCUT2D eigenvalue weighted by atomic mass is 35.5. The van der Waals surface area contributed by atoms with Gasteiger partial charge in [-0.3, -0.25) is 4.98 Å². The first-order valence-electron chi connectivity index (χ1n) is 3.98. The zero-order valence-electron chi connectivity index (χ0n) is 7.08. The van der Waals surface area contributed by atoms with Crippen LogP contribution in [0.1, 0.15) is 29.3 Å². The zero-order valence-corrected chi connectivity index (χ0v) is 7.90. The first kappa shape index (κ1) is 9.49. The van der Waals surface area contributed by atoms with Crippen molar-refractivity contribution < 1.29 is 0 Å². The number of aryl methyl sites for hydroxylation is 2. The molecule has 0 radical (unpaired) electrons. The molecule has 0 fully saturated rings. The van der Waals surface area contributed by atoms with Gasteiger partial charge < -0.3 is 5.73 Å². The fourth-order valence-electron chi connectivity index (χ4n) is 1.64. The summed E-state index contributed by atoms with van der Waals surface area (Å²) in [6.45, 7) is 2.02. The Morgan fingerprint density at radius 2 is 2.33 bits per heavy atom. The van der Waals surface area contributed by atoms with Gasteiger partial charge in [-0.15, -0.1) is 12.4 Å². The number of hydrogen-bond donors (Lipinski definition) is 1. The first-order chi connectivity index (χ1) is 5.27. The standard InChI is InChI=1S/C9H12N2.ClH/c1-6-4-7-2-3-9(10)8(7)5-11-6;/h4-5,9H,2-3,10H2,1H3;1H. The van der Waals surface area contributed by atoms with E-state index >= 15 is 0 Å². The Balaban J connectivity index is 0.000000720. The summed E-state index contributed by atoms with van der Waals surface area (Å²) in [7, 11) is 0. The van der Waals surface area contributed by atoms with Crippen LogP contribution in [0.2, 0.25) is 0 Å². The van der Waals surface area contributed by atoms with Crippen LogP contribution >= 0.6 is 12.4 Å². The number of hydrogen-bond acceptors (Lipinski definition) is 2. The van der Waals surface area contributed by atoms with Crippen molar-refractivity contribution in [3.63, 3.8) is 0 Å². The van der Waals surface area contributed by atoms with Gasteiger partial charge in [0, 0.05) is 17.9 Å². The topological polar surface area (TPSA) is 38.9 Å². The highest BCUT2D eigenvalue weighted by molar-refractivity contribution is 5.85. The Bertz CT molecular complexity index is 286. The van der Waals surface area contributed by atoms with Crippen LogP contribution in [0.25, 0.3) is 0 Å². The molecule has 1 aromatic heterocycles. The molecule has 1 heterocycles. The van der Waals surface area contributed by atoms with Gasteiger partial charge in [-0.1, -0.05) is 0 Å². The van der Waals surface area contributed by atoms with Crippen molar-refractivity contribution >= 4 is 12.4 Å². The van der Waals surface area contributed by atoms with Gasteiger partial charge in [-0.25, -0.2) is 0 Å². The molecule has 1 aliphatic carbocycles. The van der Waals surface area contributed by atoms with Gasteiger partial charge in [0.2, 0.25) is 0 Å². The van der Waals surface area contributed by atoms with Crippen molar-refractivity contribution in [2.24, 2.45) is 5.73 Å². The van der Waals surface area contributed by atoms with Gasteiger partial charge in [-0.05, 0) is 37.0 Å². The van der Waals surface area contributed by atoms with Crippen LogP contribution in [0.4, 0.5) is 0 Å². The summed E-state index contributed by atoms with van der Waals surface area (Å²) in [4.78, 5) is 4.22. The zero-order chi connectivity index (χ0) is 7.84. The van der Waals surface area contributed by atoms with E-state index in [-0.39, 0.29) is 18.4 Å². The molecule has 1 atom stereocenters. The summed E-state index contributed by atoms with van der Waals surface area (Å²) >= 11 is 0. The molecule has 0 aromatic carbocycles. The van der Waals surface area contributed by atoms with E-state index in [4.69, 9.17) is 5.73 Å². The fourth-order valence-corrected chi connectivity index (χ4v) is 1.64. The quantitative estimate of drug-likeness (QED) is 0.668. The Morgan fingerprint density at radius 3 is 3.08 bits per heavy atom. The second kappa shape index (κ2) is 3.42. The molecule has 0 bridgehead atoms. The minimum absolute atomic E-state index is 0. The van der Waals surface area contributed by atoms with Crippen LogP contribution < -0.4 is 5.73 Å². The molecule has 12 heavy (non-hydrogen) atoms. The number of nitrogens with zero attached hydrogens (tertiary/aromatic N) is 1. The molecule has 1 aromatic rings. The molecule has 3 heteroatoms. The van der Waals surface area contributed by atoms with E-state index in [2.05, 4.69) is 11.1 Å². The number of rotatable bonds is 0. The SMILES string of the molecule is Cc1cc2c(cn1)C(N)CC2.Cl. The molecule has 2 nitrogen and oxygen atoms in total. The molecule has 1 unspecified atom stereocenters. The number of pyridine rings is 1. The molecule has 2 rings (SSSR count). The molecule has 1 aliphatic rings. The van der Waals surface area contributed by atoms with Crippen molar-refractivity contribution in [3.8, 4) is 0 Å². The number of fused-ring (bicyclic) bond motifs is 1. The molecule has 0 spiro atoms. The second-order valence-electron chi connectivity index (χ2n) is 3.17. The highest BCUT2D eigenvalue weighted by Gasteiger charge is 2.18. The predicted molar refractivity (Wildman–Crippen MR) is 51.5 cm³/mol. The summed E-state index contributed by atoms with van der Waals surface area (Å²) in [6.07, 6.45) is 4.13. The van der Waals surface area contributed by atoms with Crippen LogP contribution in [0, 0.1) is 6.92 Å². The van der Waals surface area contributed by atoms with Gasteiger partial charge >= 0.3 is 0 Å². The molecule has 0 amide bonds. The van der Waals surface area contributed by atoms with Crippen LogP contribution in [0.3, 0.4) is 0 Å². The minimum atomic E-state index is 0. The van der Waals surface area contributed by atoms with Crippen molar-refractivity contribution in [1.29, 1.82) is 0 Å². The third kappa shape index (κ3) is 1.45. The highest BCUT2D eigenvalue weighted by Crippen LogP contribution is 2.28. The van der Waals surface area contributed by atoms with Crippen molar-refractivity contribution in [3.05, 3.63) is 29.1 Å². The van der Waals surface area contributed by atoms with E-state index in [1.807, 2.05) is 13.1 Å². The maximum absolute atomic E-state index is 5.86. The van der Waals surface area contributed by atoms with E-state index < -0.39 is 0 Å². The molecule has 0 saturated heterocycles. The predicted octanol–water partition coefficient (Wildman–Crippen LogP) is 1.76. The Hall–Kier alpha value is -0.600. The van der Waals surface area contributed by atoms with Gasteiger partial charge in [-0.2, -0.15) is 0 Å². The van der Waals surface area contributed by atoms with Crippen LogP contribution in [0.15, 0.2) is 12.3 Å². The Labute approximate surface area is 78.6 Å². The van der Waals surface area contributed by atoms with Gasteiger partial charge in [0.15, 0.2) is 0 Å². The summed E-state index contributed by atoms with van der Waals surface area (Å²) in [6, 6.07) is 2.38. The molecule has 0 aliphatic heterocycles. The average Bonchev–Trinajstić information content (AvgIpc) is 2.32. The third-order valence-corrected chi connectivity index (χ3v) is 2.29. The van der Waals surface area contributed by atoms with Gasteiger partial charge in [0.25, 0.3) is 0 Å². The number of aromatic nitrogens is 1. The van der Waals surface area contributed by atoms with E-state index in [1.54, 1.807) is 0 Å². The molecular formula is C9H13ClN2. The maximum Gasteiger partial charge on any atom is 0.0375 e. The van der Waals surface area contributed by atoms with Gasteiger partial charge in [0.05, 0.1) is 0 Å². The summed E-state index contributed by atoms with van der Waals surface area (Å²) in [5.41, 5.74) is 9.59. The average molecular weight is 185 g/mol. The Morgan fingerprint density at radius 1 is 1.58 bits per heavy atom. The second-order valence-corrected chi connectivity index (χ2v) is 3.17. The summed E-state index contributed by atoms with van der Waals surface area (Å²) in [5.74, 6) is 0. The molecule has 66 valence electrons. The first-order valence-corrected chi connectivity index (χ1v) is 3.98. The van der Waals surface area contributed by atoms with E-state index in [1.165, 1.54) is 11.1 Å². The normalized spacial score (nSPS) is 20.0. The minimum Gasteiger partial charge on any atom is -0.324 e. The number of halogens is 1. The van der Waals surface area contributed by atoms with Crippen LogP contribution in [0.5, 0.6) is 0 Å². The fraction of sp³-hybridized carbons (Fsp3) is 0.444. The van der Waals surface area contributed by atoms with Crippen molar-refractivity contribution in [1.82, 2.24) is 4.98 Å². The third-order valence-electron chi connectivity index (χ3n) is 2.29.